The molecule has 0 aliphatic rings. The number of nitrogens with two attached hydrogens (primary N) is 1. The van der Waals surface area contributed by atoms with Crippen molar-refractivity contribution in [2.24, 2.45) is 5.73 Å². The van der Waals surface area contributed by atoms with E-state index in [4.69, 9.17) is 5.73 Å². The Balaban J connectivity index is 1.83. The fourth-order valence-corrected chi connectivity index (χ4v) is 3.03. The number of para-hydroxylation sites is 1. The minimum atomic E-state index is -0.784. The highest BCUT2D eigenvalue weighted by atomic mass is 16.2. The zero-order valence-corrected chi connectivity index (χ0v) is 14.8. The highest BCUT2D eigenvalue weighted by Gasteiger charge is 2.21. The molecule has 3 aromatic rings. The second kappa shape index (κ2) is 7.35. The molecule has 1 heterocycles. The molecule has 0 unspecified atom stereocenters. The van der Waals surface area contributed by atoms with Crippen molar-refractivity contribution in [3.8, 4) is 0 Å². The Morgan fingerprint density at radius 3 is 2.46 bits per heavy atom. The number of rotatable bonds is 5. The van der Waals surface area contributed by atoms with Gasteiger partial charge in [0.05, 0.1) is 11.1 Å². The van der Waals surface area contributed by atoms with E-state index in [0.717, 1.165) is 27.6 Å². The fraction of sp³-hybridized carbons (Fsp3) is 0.190. The van der Waals surface area contributed by atoms with Crippen LogP contribution in [-0.2, 0) is 11.2 Å². The van der Waals surface area contributed by atoms with E-state index in [2.05, 4.69) is 10.3 Å². The Kier molecular flexibility index (Phi) is 4.98. The molecule has 132 valence electrons. The van der Waals surface area contributed by atoms with Crippen LogP contribution in [0.1, 0.15) is 27.0 Å². The van der Waals surface area contributed by atoms with E-state index in [1.165, 1.54) is 6.20 Å². The van der Waals surface area contributed by atoms with Crippen molar-refractivity contribution >= 4 is 22.7 Å². The number of fused-ring (bicyclic) bond motifs is 1. The maximum Gasteiger partial charge on any atom is 0.253 e. The summed E-state index contributed by atoms with van der Waals surface area (Å²) in [5.74, 6) is -0.923. The average Bonchev–Trinajstić information content (AvgIpc) is 2.63. The second-order valence-electron chi connectivity index (χ2n) is 6.42. The standard InChI is InChI=1S/C21H21N3O2/c1-13-6-5-7-14(2)17(13)11-19(20(22)25)24-21(26)16-10-15-8-3-4-9-18(15)23-12-16/h3-10,12,19H,11H2,1-2H3,(H2,22,25)(H,24,26)/t19-/m0/s1. The zero-order valence-electron chi connectivity index (χ0n) is 14.8. The smallest absolute Gasteiger partial charge is 0.253 e. The van der Waals surface area contributed by atoms with Crippen LogP contribution in [0.15, 0.2) is 54.7 Å². The summed E-state index contributed by atoms with van der Waals surface area (Å²) >= 11 is 0. The van der Waals surface area contributed by atoms with Crippen molar-refractivity contribution in [1.82, 2.24) is 10.3 Å². The first kappa shape index (κ1) is 17.6. The number of aryl methyl sites for hydroxylation is 2. The van der Waals surface area contributed by atoms with Crippen LogP contribution in [0.3, 0.4) is 0 Å². The van der Waals surface area contributed by atoms with Gasteiger partial charge in [-0.25, -0.2) is 0 Å². The number of primary amides is 1. The molecule has 0 spiro atoms. The molecule has 5 nitrogen and oxygen atoms in total. The Bertz CT molecular complexity index is 962. The molecule has 0 aliphatic heterocycles. The predicted molar refractivity (Wildman–Crippen MR) is 102 cm³/mol. The summed E-state index contributed by atoms with van der Waals surface area (Å²) in [6, 6.07) is 14.5. The Morgan fingerprint density at radius 1 is 1.08 bits per heavy atom. The van der Waals surface area contributed by atoms with Crippen LogP contribution in [0.5, 0.6) is 0 Å². The molecule has 0 saturated heterocycles. The van der Waals surface area contributed by atoms with Gasteiger partial charge in [0.1, 0.15) is 6.04 Å². The summed E-state index contributed by atoms with van der Waals surface area (Å²) in [7, 11) is 0. The third kappa shape index (κ3) is 3.72. The Hall–Kier alpha value is -3.21. The molecule has 26 heavy (non-hydrogen) atoms. The minimum absolute atomic E-state index is 0.362. The van der Waals surface area contributed by atoms with Gasteiger partial charge in [-0.3, -0.25) is 14.6 Å². The normalized spacial score (nSPS) is 11.9. The van der Waals surface area contributed by atoms with E-state index >= 15 is 0 Å². The molecule has 0 fully saturated rings. The first-order chi connectivity index (χ1) is 12.5. The van der Waals surface area contributed by atoms with Gasteiger partial charge in [-0.05, 0) is 42.7 Å². The lowest BCUT2D eigenvalue weighted by atomic mass is 9.96. The lowest BCUT2D eigenvalue weighted by Gasteiger charge is -2.18. The number of nitrogens with zero attached hydrogens (tertiary/aromatic N) is 1. The summed E-state index contributed by atoms with van der Waals surface area (Å²) in [5, 5.41) is 3.61. The molecule has 2 amide bonds. The van der Waals surface area contributed by atoms with Gasteiger partial charge < -0.3 is 11.1 Å². The number of carbonyl (C=O) groups is 2. The topological polar surface area (TPSA) is 85.1 Å². The number of benzene rings is 2. The summed E-state index contributed by atoms with van der Waals surface area (Å²) in [4.78, 5) is 28.8. The summed E-state index contributed by atoms with van der Waals surface area (Å²) in [6.07, 6.45) is 1.87. The van der Waals surface area contributed by atoms with Gasteiger partial charge in [0, 0.05) is 18.0 Å². The monoisotopic (exact) mass is 347 g/mol. The summed E-state index contributed by atoms with van der Waals surface area (Å²) in [5.41, 5.74) is 9.90. The molecule has 2 aromatic carbocycles. The molecular formula is C21H21N3O2. The molecule has 0 aliphatic carbocycles. The molecule has 0 saturated carbocycles. The highest BCUT2D eigenvalue weighted by Crippen LogP contribution is 2.16. The number of pyridine rings is 1. The summed E-state index contributed by atoms with van der Waals surface area (Å²) in [6.45, 7) is 3.96. The maximum absolute atomic E-state index is 12.6. The van der Waals surface area contributed by atoms with Gasteiger partial charge in [0.25, 0.3) is 5.91 Å². The quantitative estimate of drug-likeness (QED) is 0.744. The predicted octanol–water partition coefficient (Wildman–Crippen LogP) is 2.68. The fourth-order valence-electron chi connectivity index (χ4n) is 3.03. The van der Waals surface area contributed by atoms with Crippen LogP contribution in [0.4, 0.5) is 0 Å². The number of carbonyl (C=O) groups excluding carboxylic acids is 2. The molecular weight excluding hydrogens is 326 g/mol. The molecule has 3 rings (SSSR count). The van der Waals surface area contributed by atoms with Crippen LogP contribution >= 0.6 is 0 Å². The SMILES string of the molecule is Cc1cccc(C)c1C[C@H](NC(=O)c1cnc2ccccc2c1)C(N)=O. The largest absolute Gasteiger partial charge is 0.368 e. The lowest BCUT2D eigenvalue weighted by Crippen LogP contribution is -2.46. The molecule has 3 N–H and O–H groups in total. The van der Waals surface area contributed by atoms with Crippen molar-refractivity contribution in [3.05, 3.63) is 77.0 Å². The van der Waals surface area contributed by atoms with Crippen molar-refractivity contribution in [2.45, 2.75) is 26.3 Å². The number of nitrogens with one attached hydrogen (secondary N) is 1. The first-order valence-corrected chi connectivity index (χ1v) is 8.46. The van der Waals surface area contributed by atoms with Crippen molar-refractivity contribution in [2.75, 3.05) is 0 Å². The van der Waals surface area contributed by atoms with E-state index < -0.39 is 11.9 Å². The van der Waals surface area contributed by atoms with Gasteiger partial charge in [-0.2, -0.15) is 0 Å². The van der Waals surface area contributed by atoms with Crippen LogP contribution in [-0.4, -0.2) is 22.8 Å². The zero-order chi connectivity index (χ0) is 18.7. The van der Waals surface area contributed by atoms with Gasteiger partial charge >= 0.3 is 0 Å². The molecule has 1 atom stereocenters. The molecule has 1 aromatic heterocycles. The summed E-state index contributed by atoms with van der Waals surface area (Å²) < 4.78 is 0. The van der Waals surface area contributed by atoms with E-state index in [9.17, 15) is 9.59 Å². The number of hydrogen-bond donors (Lipinski definition) is 2. The van der Waals surface area contributed by atoms with Crippen molar-refractivity contribution in [1.29, 1.82) is 0 Å². The van der Waals surface area contributed by atoms with Crippen molar-refractivity contribution < 1.29 is 9.59 Å². The van der Waals surface area contributed by atoms with E-state index in [-0.39, 0.29) is 5.91 Å². The van der Waals surface area contributed by atoms with Gasteiger partial charge in [0.2, 0.25) is 5.91 Å². The maximum atomic E-state index is 12.6. The van der Waals surface area contributed by atoms with Crippen LogP contribution in [0.25, 0.3) is 10.9 Å². The average molecular weight is 347 g/mol. The number of aromatic nitrogens is 1. The Labute approximate surface area is 152 Å². The van der Waals surface area contributed by atoms with Gasteiger partial charge in [0.15, 0.2) is 0 Å². The molecule has 0 bridgehead atoms. The van der Waals surface area contributed by atoms with Crippen LogP contribution in [0, 0.1) is 13.8 Å². The molecule has 5 heteroatoms. The van der Waals surface area contributed by atoms with Crippen LogP contribution in [0.2, 0.25) is 0 Å². The molecule has 0 radical (unpaired) electrons. The lowest BCUT2D eigenvalue weighted by molar-refractivity contribution is -0.119. The third-order valence-electron chi connectivity index (χ3n) is 4.55. The highest BCUT2D eigenvalue weighted by molar-refractivity contribution is 5.99. The van der Waals surface area contributed by atoms with Gasteiger partial charge in [-0.15, -0.1) is 0 Å². The number of amides is 2. The van der Waals surface area contributed by atoms with Gasteiger partial charge in [-0.1, -0.05) is 36.4 Å². The van der Waals surface area contributed by atoms with Crippen LogP contribution < -0.4 is 11.1 Å². The Morgan fingerprint density at radius 2 is 1.77 bits per heavy atom. The second-order valence-corrected chi connectivity index (χ2v) is 6.42. The van der Waals surface area contributed by atoms with Crippen molar-refractivity contribution in [3.63, 3.8) is 0 Å². The third-order valence-corrected chi connectivity index (χ3v) is 4.55. The van der Waals surface area contributed by atoms with E-state index in [0.29, 0.717) is 12.0 Å². The minimum Gasteiger partial charge on any atom is -0.368 e. The van der Waals surface area contributed by atoms with E-state index in [1.54, 1.807) is 6.07 Å². The van der Waals surface area contributed by atoms with E-state index in [1.807, 2.05) is 56.3 Å². The number of hydrogen-bond acceptors (Lipinski definition) is 3. The first-order valence-electron chi connectivity index (χ1n) is 8.46.